The fraction of sp³-hybridized carbons (Fsp3) is 0.667. The standard InChI is InChI=1S/C12H18/c1-10-7-8-11-5-3-2-4-6-12(10)9-11/h7-8,12H,2-6,9H2,1H3. The first-order valence-electron chi connectivity index (χ1n) is 5.22. The molecular weight excluding hydrogens is 144 g/mol. The molecule has 0 N–H and O–H groups in total. The molecular formula is C12H18. The Morgan fingerprint density at radius 2 is 2.08 bits per heavy atom. The van der Waals surface area contributed by atoms with E-state index in [2.05, 4.69) is 19.1 Å². The van der Waals surface area contributed by atoms with E-state index >= 15 is 0 Å². The normalized spacial score (nSPS) is 29.9. The molecule has 0 aromatic rings. The third-order valence-electron chi connectivity index (χ3n) is 3.28. The van der Waals surface area contributed by atoms with Gasteiger partial charge in [0.05, 0.1) is 0 Å². The lowest BCUT2D eigenvalue weighted by Gasteiger charge is -2.25. The Balaban J connectivity index is 2.15. The lowest BCUT2D eigenvalue weighted by atomic mass is 9.80. The van der Waals surface area contributed by atoms with Gasteiger partial charge in [-0.1, -0.05) is 36.1 Å². The maximum atomic E-state index is 2.36. The van der Waals surface area contributed by atoms with Crippen LogP contribution >= 0.6 is 0 Å². The summed E-state index contributed by atoms with van der Waals surface area (Å²) in [6, 6.07) is 0. The molecule has 0 radical (unpaired) electrons. The van der Waals surface area contributed by atoms with Gasteiger partial charge in [-0.2, -0.15) is 0 Å². The Bertz CT molecular complexity index is 220. The molecule has 0 heteroatoms. The molecule has 1 saturated carbocycles. The molecule has 0 amide bonds. The molecule has 2 bridgehead atoms. The largest absolute Gasteiger partial charge is 0.0699 e. The predicted octanol–water partition coefficient (Wildman–Crippen LogP) is 3.84. The van der Waals surface area contributed by atoms with E-state index in [9.17, 15) is 0 Å². The van der Waals surface area contributed by atoms with Gasteiger partial charge in [-0.15, -0.1) is 0 Å². The van der Waals surface area contributed by atoms with E-state index in [1.54, 1.807) is 11.1 Å². The van der Waals surface area contributed by atoms with Crippen LogP contribution in [0, 0.1) is 5.92 Å². The molecule has 1 atom stereocenters. The molecule has 1 fully saturated rings. The summed E-state index contributed by atoms with van der Waals surface area (Å²) >= 11 is 0. The zero-order valence-corrected chi connectivity index (χ0v) is 7.97. The van der Waals surface area contributed by atoms with Crippen LogP contribution in [0.4, 0.5) is 0 Å². The molecule has 0 aromatic carbocycles. The summed E-state index contributed by atoms with van der Waals surface area (Å²) in [6.07, 6.45) is 13.2. The predicted molar refractivity (Wildman–Crippen MR) is 53.0 cm³/mol. The van der Waals surface area contributed by atoms with Crippen molar-refractivity contribution >= 4 is 0 Å². The van der Waals surface area contributed by atoms with Crippen LogP contribution in [0.5, 0.6) is 0 Å². The van der Waals surface area contributed by atoms with Gasteiger partial charge in [-0.25, -0.2) is 0 Å². The zero-order chi connectivity index (χ0) is 8.39. The molecule has 0 spiro atoms. The number of allylic oxidation sites excluding steroid dienone is 4. The van der Waals surface area contributed by atoms with Crippen molar-refractivity contribution in [2.45, 2.75) is 45.4 Å². The molecule has 0 saturated heterocycles. The second-order valence-electron chi connectivity index (χ2n) is 4.24. The Morgan fingerprint density at radius 1 is 1.17 bits per heavy atom. The maximum absolute atomic E-state index is 2.36. The highest BCUT2D eigenvalue weighted by Gasteiger charge is 2.17. The molecule has 2 rings (SSSR count). The number of fused-ring (bicyclic) bond motifs is 2. The van der Waals surface area contributed by atoms with Crippen molar-refractivity contribution in [1.82, 2.24) is 0 Å². The van der Waals surface area contributed by atoms with Gasteiger partial charge in [0, 0.05) is 0 Å². The van der Waals surface area contributed by atoms with Crippen LogP contribution in [0.15, 0.2) is 23.3 Å². The number of hydrogen-bond donors (Lipinski definition) is 0. The summed E-state index contributed by atoms with van der Waals surface area (Å²) < 4.78 is 0. The minimum Gasteiger partial charge on any atom is -0.0699 e. The lowest BCUT2D eigenvalue weighted by Crippen LogP contribution is -2.09. The SMILES string of the molecule is CC1=CC=C2CCCCCC1C2. The minimum absolute atomic E-state index is 0.894. The van der Waals surface area contributed by atoms with Crippen LogP contribution in [0.3, 0.4) is 0 Å². The fourth-order valence-corrected chi connectivity index (χ4v) is 2.37. The van der Waals surface area contributed by atoms with Crippen LogP contribution in [-0.2, 0) is 0 Å². The maximum Gasteiger partial charge on any atom is -0.0166 e. The van der Waals surface area contributed by atoms with Gasteiger partial charge < -0.3 is 0 Å². The molecule has 2 aliphatic rings. The Kier molecular flexibility index (Phi) is 2.34. The molecule has 0 aromatic heterocycles. The van der Waals surface area contributed by atoms with Gasteiger partial charge in [0.2, 0.25) is 0 Å². The quantitative estimate of drug-likeness (QED) is 0.507. The summed E-state index contributed by atoms with van der Waals surface area (Å²) in [5.74, 6) is 0.894. The number of hydrogen-bond acceptors (Lipinski definition) is 0. The van der Waals surface area contributed by atoms with E-state index in [-0.39, 0.29) is 0 Å². The van der Waals surface area contributed by atoms with Gasteiger partial charge in [0.1, 0.15) is 0 Å². The monoisotopic (exact) mass is 162 g/mol. The van der Waals surface area contributed by atoms with Crippen molar-refractivity contribution < 1.29 is 0 Å². The zero-order valence-electron chi connectivity index (χ0n) is 7.97. The van der Waals surface area contributed by atoms with Crippen LogP contribution in [0.1, 0.15) is 45.4 Å². The molecule has 12 heavy (non-hydrogen) atoms. The Hall–Kier alpha value is -0.520. The van der Waals surface area contributed by atoms with E-state index in [1.807, 2.05) is 0 Å². The first kappa shape index (κ1) is 8.10. The third-order valence-corrected chi connectivity index (χ3v) is 3.28. The Morgan fingerprint density at radius 3 is 3.00 bits per heavy atom. The van der Waals surface area contributed by atoms with Crippen molar-refractivity contribution in [3.8, 4) is 0 Å². The highest BCUT2D eigenvalue weighted by molar-refractivity contribution is 5.25. The minimum atomic E-state index is 0.894. The second-order valence-corrected chi connectivity index (χ2v) is 4.24. The van der Waals surface area contributed by atoms with Gasteiger partial charge in [0.15, 0.2) is 0 Å². The van der Waals surface area contributed by atoms with Crippen LogP contribution < -0.4 is 0 Å². The average molecular weight is 162 g/mol. The van der Waals surface area contributed by atoms with Crippen LogP contribution in [0.25, 0.3) is 0 Å². The smallest absolute Gasteiger partial charge is 0.0166 e. The van der Waals surface area contributed by atoms with Crippen LogP contribution in [-0.4, -0.2) is 0 Å². The van der Waals surface area contributed by atoms with Crippen LogP contribution in [0.2, 0.25) is 0 Å². The summed E-state index contributed by atoms with van der Waals surface area (Å²) in [4.78, 5) is 0. The summed E-state index contributed by atoms with van der Waals surface area (Å²) in [5, 5.41) is 0. The van der Waals surface area contributed by atoms with E-state index in [1.165, 1.54) is 38.5 Å². The lowest BCUT2D eigenvalue weighted by molar-refractivity contribution is 0.468. The third kappa shape index (κ3) is 1.63. The van der Waals surface area contributed by atoms with Crippen molar-refractivity contribution in [3.63, 3.8) is 0 Å². The number of rotatable bonds is 0. The van der Waals surface area contributed by atoms with Crippen molar-refractivity contribution in [1.29, 1.82) is 0 Å². The van der Waals surface area contributed by atoms with E-state index in [0.717, 1.165) is 5.92 Å². The summed E-state index contributed by atoms with van der Waals surface area (Å²) in [7, 11) is 0. The molecule has 0 heterocycles. The van der Waals surface area contributed by atoms with E-state index in [0.29, 0.717) is 0 Å². The van der Waals surface area contributed by atoms with E-state index in [4.69, 9.17) is 0 Å². The topological polar surface area (TPSA) is 0 Å². The summed E-state index contributed by atoms with van der Waals surface area (Å²) in [5.41, 5.74) is 3.31. The molecule has 66 valence electrons. The van der Waals surface area contributed by atoms with Gasteiger partial charge in [-0.05, 0) is 38.5 Å². The van der Waals surface area contributed by atoms with E-state index < -0.39 is 0 Å². The average Bonchev–Trinajstić information content (AvgIpc) is 2.03. The second kappa shape index (κ2) is 3.47. The molecule has 1 unspecified atom stereocenters. The summed E-state index contributed by atoms with van der Waals surface area (Å²) in [6.45, 7) is 2.29. The molecule has 0 aliphatic heterocycles. The highest BCUT2D eigenvalue weighted by Crippen LogP contribution is 2.33. The van der Waals surface area contributed by atoms with Crippen molar-refractivity contribution in [3.05, 3.63) is 23.3 Å². The van der Waals surface area contributed by atoms with Gasteiger partial charge >= 0.3 is 0 Å². The van der Waals surface area contributed by atoms with Gasteiger partial charge in [0.25, 0.3) is 0 Å². The van der Waals surface area contributed by atoms with Crippen molar-refractivity contribution in [2.24, 2.45) is 5.92 Å². The molecule has 0 nitrogen and oxygen atoms in total. The first-order valence-corrected chi connectivity index (χ1v) is 5.22. The first-order chi connectivity index (χ1) is 5.86. The fourth-order valence-electron chi connectivity index (χ4n) is 2.37. The van der Waals surface area contributed by atoms with Crippen molar-refractivity contribution in [2.75, 3.05) is 0 Å². The highest BCUT2D eigenvalue weighted by atomic mass is 14.2. The Labute approximate surface area is 75.4 Å². The van der Waals surface area contributed by atoms with Gasteiger partial charge in [-0.3, -0.25) is 0 Å². The molecule has 2 aliphatic carbocycles.